The molecular formula is C20H32O4. The zero-order chi connectivity index (χ0) is 17.4. The number of hydrogen-bond acceptors (Lipinski definition) is 4. The van der Waals surface area contributed by atoms with Gasteiger partial charge in [-0.05, 0) is 44.1 Å². The summed E-state index contributed by atoms with van der Waals surface area (Å²) in [6.45, 7) is 2.15. The molecule has 0 aromatic heterocycles. The molecule has 2 aliphatic rings. The average molecular weight is 336 g/mol. The lowest BCUT2D eigenvalue weighted by atomic mass is 9.89. The Bertz CT molecular complexity index is 443. The van der Waals surface area contributed by atoms with Crippen LogP contribution in [0.4, 0.5) is 0 Å². The molecule has 1 aliphatic heterocycles. The summed E-state index contributed by atoms with van der Waals surface area (Å²) in [4.78, 5) is 12.0. The van der Waals surface area contributed by atoms with E-state index in [4.69, 9.17) is 4.74 Å². The van der Waals surface area contributed by atoms with E-state index in [1.165, 1.54) is 0 Å². The Kier molecular flexibility index (Phi) is 8.00. The molecule has 0 unspecified atom stereocenters. The molecule has 4 heteroatoms. The summed E-state index contributed by atoms with van der Waals surface area (Å²) in [5.41, 5.74) is 0. The lowest BCUT2D eigenvalue weighted by Crippen LogP contribution is -2.21. The van der Waals surface area contributed by atoms with Gasteiger partial charge in [0.1, 0.15) is 6.10 Å². The predicted octanol–water partition coefficient (Wildman–Crippen LogP) is 3.52. The van der Waals surface area contributed by atoms with Crippen LogP contribution in [0.15, 0.2) is 24.3 Å². The number of rotatable bonds is 4. The van der Waals surface area contributed by atoms with Gasteiger partial charge in [-0.3, -0.25) is 4.79 Å². The maximum absolute atomic E-state index is 12.0. The van der Waals surface area contributed by atoms with Gasteiger partial charge in [-0.15, -0.1) is 0 Å². The molecule has 136 valence electrons. The molecule has 5 atom stereocenters. The number of fused-ring (bicyclic) bond motifs is 1. The third-order valence-electron chi connectivity index (χ3n) is 5.17. The second kappa shape index (κ2) is 10.00. The topological polar surface area (TPSA) is 66.8 Å². The van der Waals surface area contributed by atoms with Gasteiger partial charge in [-0.1, -0.05) is 38.0 Å². The van der Waals surface area contributed by atoms with Gasteiger partial charge in [0, 0.05) is 18.8 Å². The average Bonchev–Trinajstić information content (AvgIpc) is 2.81. The Hall–Kier alpha value is -1.13. The van der Waals surface area contributed by atoms with Crippen molar-refractivity contribution in [3.8, 4) is 0 Å². The molecule has 0 aromatic rings. The molecule has 4 nitrogen and oxygen atoms in total. The van der Waals surface area contributed by atoms with Gasteiger partial charge >= 0.3 is 5.97 Å². The molecular weight excluding hydrogens is 304 g/mol. The summed E-state index contributed by atoms with van der Waals surface area (Å²) in [5.74, 6) is -0.171. The highest BCUT2D eigenvalue weighted by Gasteiger charge is 2.39. The number of aliphatic hydroxyl groups excluding tert-OH is 2. The Labute approximate surface area is 145 Å². The third kappa shape index (κ3) is 5.75. The number of esters is 1. The normalized spacial score (nSPS) is 37.5. The summed E-state index contributed by atoms with van der Waals surface area (Å²) in [6, 6.07) is 0. The van der Waals surface area contributed by atoms with Crippen LogP contribution in [0.2, 0.25) is 0 Å². The van der Waals surface area contributed by atoms with Gasteiger partial charge in [0.25, 0.3) is 0 Å². The molecule has 1 aliphatic carbocycles. The van der Waals surface area contributed by atoms with Crippen molar-refractivity contribution in [2.45, 2.75) is 83.0 Å². The molecule has 0 saturated heterocycles. The molecule has 0 bridgehead atoms. The van der Waals surface area contributed by atoms with Crippen LogP contribution in [0.1, 0.15) is 64.7 Å². The van der Waals surface area contributed by atoms with Crippen LogP contribution in [0.25, 0.3) is 0 Å². The molecule has 2 N–H and O–H groups in total. The quantitative estimate of drug-likeness (QED) is 0.468. The van der Waals surface area contributed by atoms with E-state index >= 15 is 0 Å². The minimum Gasteiger partial charge on any atom is -0.458 e. The van der Waals surface area contributed by atoms with Crippen molar-refractivity contribution in [3.05, 3.63) is 24.3 Å². The monoisotopic (exact) mass is 336 g/mol. The van der Waals surface area contributed by atoms with Crippen LogP contribution in [-0.2, 0) is 9.53 Å². The molecule has 1 fully saturated rings. The number of carbonyl (C=O) groups is 1. The fraction of sp³-hybridized carbons (Fsp3) is 0.750. The van der Waals surface area contributed by atoms with E-state index in [2.05, 4.69) is 19.1 Å². The minimum absolute atomic E-state index is 0.0419. The lowest BCUT2D eigenvalue weighted by Gasteiger charge is -2.20. The SMILES string of the molecule is CCCCC[C@H]1/C=C/[C@@H]2[C@@H](C/C=C/CCCC(=O)O1)[C@@H](O)C[C@H]2O. The zero-order valence-corrected chi connectivity index (χ0v) is 14.8. The van der Waals surface area contributed by atoms with Gasteiger partial charge in [-0.2, -0.15) is 0 Å². The van der Waals surface area contributed by atoms with E-state index in [9.17, 15) is 15.0 Å². The molecule has 1 heterocycles. The van der Waals surface area contributed by atoms with E-state index in [-0.39, 0.29) is 23.9 Å². The standard InChI is InChI=1S/C20H32O4/c1-2-3-6-9-15-12-13-17-16(18(21)14-19(17)22)10-7-4-5-8-11-20(23)24-15/h4,7,12-13,15-19,21-22H,2-3,5-6,8-11,14H2,1H3/b7-4+,13-12+/t15-,16+,17+,18-,19+/m0/s1. The van der Waals surface area contributed by atoms with E-state index < -0.39 is 12.2 Å². The Balaban J connectivity index is 2.10. The van der Waals surface area contributed by atoms with Crippen LogP contribution in [0.3, 0.4) is 0 Å². The third-order valence-corrected chi connectivity index (χ3v) is 5.17. The van der Waals surface area contributed by atoms with Crippen LogP contribution in [0, 0.1) is 11.8 Å². The first-order valence-electron chi connectivity index (χ1n) is 9.50. The minimum atomic E-state index is -0.522. The predicted molar refractivity (Wildman–Crippen MR) is 94.4 cm³/mol. The van der Waals surface area contributed by atoms with Gasteiger partial charge < -0.3 is 14.9 Å². The fourth-order valence-corrected chi connectivity index (χ4v) is 3.71. The number of cyclic esters (lactones) is 1. The van der Waals surface area contributed by atoms with E-state index in [1.54, 1.807) is 0 Å². The number of allylic oxidation sites excluding steroid dienone is 2. The van der Waals surface area contributed by atoms with E-state index in [0.29, 0.717) is 12.8 Å². The summed E-state index contributed by atoms with van der Waals surface area (Å²) in [7, 11) is 0. The van der Waals surface area contributed by atoms with Crippen LogP contribution < -0.4 is 0 Å². The second-order valence-corrected chi connectivity index (χ2v) is 7.12. The molecule has 0 radical (unpaired) electrons. The Morgan fingerprint density at radius 1 is 1.17 bits per heavy atom. The molecule has 0 aromatic carbocycles. The van der Waals surface area contributed by atoms with Crippen molar-refractivity contribution >= 4 is 5.97 Å². The van der Waals surface area contributed by atoms with Crippen molar-refractivity contribution in [1.82, 2.24) is 0 Å². The van der Waals surface area contributed by atoms with Gasteiger partial charge in [0.2, 0.25) is 0 Å². The highest BCUT2D eigenvalue weighted by atomic mass is 16.5. The van der Waals surface area contributed by atoms with Gasteiger partial charge in [0.05, 0.1) is 12.2 Å². The van der Waals surface area contributed by atoms with Crippen LogP contribution >= 0.6 is 0 Å². The summed E-state index contributed by atoms with van der Waals surface area (Å²) >= 11 is 0. The molecule has 24 heavy (non-hydrogen) atoms. The number of aliphatic hydroxyl groups is 2. The molecule has 0 spiro atoms. The maximum Gasteiger partial charge on any atom is 0.306 e. The number of hydrogen-bond donors (Lipinski definition) is 2. The summed E-state index contributed by atoms with van der Waals surface area (Å²) < 4.78 is 5.63. The smallest absolute Gasteiger partial charge is 0.306 e. The van der Waals surface area contributed by atoms with Gasteiger partial charge in [-0.25, -0.2) is 0 Å². The van der Waals surface area contributed by atoms with Crippen LogP contribution in [-0.4, -0.2) is 34.5 Å². The highest BCUT2D eigenvalue weighted by Crippen LogP contribution is 2.36. The van der Waals surface area contributed by atoms with Crippen molar-refractivity contribution in [2.24, 2.45) is 11.8 Å². The van der Waals surface area contributed by atoms with Crippen molar-refractivity contribution in [3.63, 3.8) is 0 Å². The summed E-state index contributed by atoms with van der Waals surface area (Å²) in [6.07, 6.45) is 14.2. The fourth-order valence-electron chi connectivity index (χ4n) is 3.71. The van der Waals surface area contributed by atoms with Crippen molar-refractivity contribution in [2.75, 3.05) is 0 Å². The van der Waals surface area contributed by atoms with E-state index in [1.807, 2.05) is 12.2 Å². The lowest BCUT2D eigenvalue weighted by molar-refractivity contribution is -0.147. The number of ether oxygens (including phenoxy) is 1. The Morgan fingerprint density at radius 2 is 2.00 bits per heavy atom. The summed E-state index contributed by atoms with van der Waals surface area (Å²) in [5, 5.41) is 20.5. The number of carbonyl (C=O) groups excluding carboxylic acids is 1. The first-order valence-corrected chi connectivity index (χ1v) is 9.50. The first kappa shape index (κ1) is 19.2. The molecule has 2 rings (SSSR count). The van der Waals surface area contributed by atoms with Crippen molar-refractivity contribution in [1.29, 1.82) is 0 Å². The molecule has 0 amide bonds. The molecule has 1 saturated carbocycles. The number of unbranched alkanes of at least 4 members (excludes halogenated alkanes) is 2. The second-order valence-electron chi connectivity index (χ2n) is 7.12. The van der Waals surface area contributed by atoms with Gasteiger partial charge in [0.15, 0.2) is 0 Å². The highest BCUT2D eigenvalue weighted by molar-refractivity contribution is 5.69. The van der Waals surface area contributed by atoms with E-state index in [0.717, 1.165) is 44.9 Å². The first-order chi connectivity index (χ1) is 11.6. The Morgan fingerprint density at radius 3 is 2.79 bits per heavy atom. The van der Waals surface area contributed by atoms with Crippen LogP contribution in [0.5, 0.6) is 0 Å². The zero-order valence-electron chi connectivity index (χ0n) is 14.8. The largest absolute Gasteiger partial charge is 0.458 e. The maximum atomic E-state index is 12.0. The van der Waals surface area contributed by atoms with Crippen molar-refractivity contribution < 1.29 is 19.7 Å².